The summed E-state index contributed by atoms with van der Waals surface area (Å²) >= 11 is 0. The van der Waals surface area contributed by atoms with Crippen molar-refractivity contribution >= 4 is 11.8 Å². The minimum atomic E-state index is -0.603. The van der Waals surface area contributed by atoms with E-state index in [0.29, 0.717) is 11.3 Å². The molecule has 0 aromatic heterocycles. The van der Waals surface area contributed by atoms with Crippen LogP contribution in [0.25, 0.3) is 0 Å². The van der Waals surface area contributed by atoms with Crippen molar-refractivity contribution in [3.05, 3.63) is 59.4 Å². The summed E-state index contributed by atoms with van der Waals surface area (Å²) in [6.45, 7) is 0.00466. The summed E-state index contributed by atoms with van der Waals surface area (Å²) in [5.74, 6) is -0.455. The third-order valence-electron chi connectivity index (χ3n) is 2.90. The molecule has 0 saturated heterocycles. The summed E-state index contributed by atoms with van der Waals surface area (Å²) in [6, 6.07) is 9.60. The van der Waals surface area contributed by atoms with Gasteiger partial charge in [0.1, 0.15) is 17.3 Å². The van der Waals surface area contributed by atoms with E-state index in [1.807, 2.05) is 0 Å². The molecule has 2 aromatic carbocycles. The number of benzene rings is 2. The largest absolute Gasteiger partial charge is 0.485 e. The molecule has 0 saturated carbocycles. The summed E-state index contributed by atoms with van der Waals surface area (Å²) in [7, 11) is 0. The monoisotopic (exact) mass is 272 g/mol. The van der Waals surface area contributed by atoms with Crippen LogP contribution in [0.2, 0.25) is 0 Å². The van der Waals surface area contributed by atoms with Crippen molar-refractivity contribution in [1.29, 1.82) is 0 Å². The second kappa shape index (κ2) is 4.77. The van der Waals surface area contributed by atoms with Gasteiger partial charge in [0, 0.05) is 6.07 Å². The molecule has 0 atom stereocenters. The molecule has 0 N–H and O–H groups in total. The van der Waals surface area contributed by atoms with Crippen LogP contribution in [-0.4, -0.2) is 18.4 Å². The van der Waals surface area contributed by atoms with Crippen LogP contribution in [0.3, 0.4) is 0 Å². The quantitative estimate of drug-likeness (QED) is 0.623. The predicted molar refractivity (Wildman–Crippen MR) is 67.6 cm³/mol. The van der Waals surface area contributed by atoms with Crippen molar-refractivity contribution in [3.63, 3.8) is 0 Å². The van der Waals surface area contributed by atoms with Crippen LogP contribution in [0.1, 0.15) is 20.7 Å². The number of ketones is 1. The van der Waals surface area contributed by atoms with Crippen LogP contribution >= 0.6 is 0 Å². The van der Waals surface area contributed by atoms with E-state index in [1.165, 1.54) is 36.4 Å². The fraction of sp³-hybridized carbons (Fsp3) is 0.0667. The Hall–Kier alpha value is -2.69. The Kier molecular flexibility index (Phi) is 2.95. The molecule has 0 fully saturated rings. The number of halogens is 1. The zero-order chi connectivity index (χ0) is 14.1. The molecule has 0 radical (unpaired) electrons. The van der Waals surface area contributed by atoms with Gasteiger partial charge in [0.05, 0.1) is 11.1 Å². The van der Waals surface area contributed by atoms with Crippen molar-refractivity contribution in [2.75, 3.05) is 6.61 Å². The van der Waals surface area contributed by atoms with E-state index in [0.717, 1.165) is 0 Å². The number of carbonyl (C=O) groups excluding carboxylic acids is 2. The zero-order valence-corrected chi connectivity index (χ0v) is 10.3. The van der Waals surface area contributed by atoms with Gasteiger partial charge in [-0.1, -0.05) is 0 Å². The highest BCUT2D eigenvalue weighted by Gasteiger charge is 2.22. The molecule has 0 aliphatic carbocycles. The summed E-state index contributed by atoms with van der Waals surface area (Å²) in [5.41, 5.74) is 0.718. The first-order valence-electron chi connectivity index (χ1n) is 5.91. The molecule has 1 heterocycles. The SMILES string of the molecule is O=C(Oc1ccc2c(c1)OCC2=O)c1ccc(F)cc1. The fourth-order valence-corrected chi connectivity index (χ4v) is 1.89. The fourth-order valence-electron chi connectivity index (χ4n) is 1.89. The molecule has 3 rings (SSSR count). The summed E-state index contributed by atoms with van der Waals surface area (Å²) in [5, 5.41) is 0. The van der Waals surface area contributed by atoms with Crippen molar-refractivity contribution < 1.29 is 23.5 Å². The summed E-state index contributed by atoms with van der Waals surface area (Å²) in [4.78, 5) is 23.2. The zero-order valence-electron chi connectivity index (χ0n) is 10.3. The lowest BCUT2D eigenvalue weighted by molar-refractivity contribution is 0.0734. The van der Waals surface area contributed by atoms with Gasteiger partial charge >= 0.3 is 5.97 Å². The Bertz CT molecular complexity index is 692. The molecule has 100 valence electrons. The van der Waals surface area contributed by atoms with E-state index < -0.39 is 11.8 Å². The number of fused-ring (bicyclic) bond motifs is 1. The van der Waals surface area contributed by atoms with E-state index in [-0.39, 0.29) is 23.7 Å². The maximum absolute atomic E-state index is 12.8. The molecule has 20 heavy (non-hydrogen) atoms. The Morgan fingerprint density at radius 1 is 1.15 bits per heavy atom. The number of ether oxygens (including phenoxy) is 2. The predicted octanol–water partition coefficient (Wildman–Crippen LogP) is 2.62. The second-order valence-corrected chi connectivity index (χ2v) is 4.27. The van der Waals surface area contributed by atoms with Gasteiger partial charge in [0.2, 0.25) is 5.78 Å². The number of rotatable bonds is 2. The van der Waals surface area contributed by atoms with Crippen molar-refractivity contribution in [3.8, 4) is 11.5 Å². The van der Waals surface area contributed by atoms with Gasteiger partial charge in [-0.2, -0.15) is 0 Å². The average molecular weight is 272 g/mol. The van der Waals surface area contributed by atoms with E-state index >= 15 is 0 Å². The molecular weight excluding hydrogens is 263 g/mol. The summed E-state index contributed by atoms with van der Waals surface area (Å²) in [6.07, 6.45) is 0. The Morgan fingerprint density at radius 2 is 1.90 bits per heavy atom. The number of Topliss-reactive ketones (excluding diaryl/α,β-unsaturated/α-hetero) is 1. The smallest absolute Gasteiger partial charge is 0.343 e. The molecule has 1 aliphatic rings. The molecule has 0 amide bonds. The molecule has 0 unspecified atom stereocenters. The average Bonchev–Trinajstić information content (AvgIpc) is 2.81. The lowest BCUT2D eigenvalue weighted by atomic mass is 10.1. The molecule has 0 bridgehead atoms. The number of carbonyl (C=O) groups is 2. The van der Waals surface area contributed by atoms with Crippen molar-refractivity contribution in [1.82, 2.24) is 0 Å². The number of hydrogen-bond donors (Lipinski definition) is 0. The molecule has 5 heteroatoms. The highest BCUT2D eigenvalue weighted by Crippen LogP contribution is 2.29. The minimum absolute atomic E-state index is 0.00466. The number of esters is 1. The van der Waals surface area contributed by atoms with E-state index in [4.69, 9.17) is 9.47 Å². The maximum Gasteiger partial charge on any atom is 0.343 e. The van der Waals surface area contributed by atoms with Gasteiger partial charge in [0.15, 0.2) is 6.61 Å². The highest BCUT2D eigenvalue weighted by molar-refractivity contribution is 6.02. The van der Waals surface area contributed by atoms with Crippen LogP contribution in [0.5, 0.6) is 11.5 Å². The first-order chi connectivity index (χ1) is 9.63. The van der Waals surface area contributed by atoms with Crippen LogP contribution in [-0.2, 0) is 0 Å². The van der Waals surface area contributed by atoms with Gasteiger partial charge in [0.25, 0.3) is 0 Å². The third kappa shape index (κ3) is 2.25. The minimum Gasteiger partial charge on any atom is -0.485 e. The standard InChI is InChI=1S/C15H9FO4/c16-10-3-1-9(2-4-10)15(18)20-11-5-6-12-13(17)8-19-14(12)7-11/h1-7H,8H2. The normalized spacial score (nSPS) is 12.8. The maximum atomic E-state index is 12.8. The van der Waals surface area contributed by atoms with E-state index in [9.17, 15) is 14.0 Å². The van der Waals surface area contributed by atoms with Crippen LogP contribution < -0.4 is 9.47 Å². The Labute approximate surface area is 113 Å². The first-order valence-corrected chi connectivity index (χ1v) is 5.91. The Balaban J connectivity index is 1.80. The van der Waals surface area contributed by atoms with Crippen LogP contribution in [0, 0.1) is 5.82 Å². The first kappa shape index (κ1) is 12.3. The van der Waals surface area contributed by atoms with Crippen LogP contribution in [0.15, 0.2) is 42.5 Å². The molecule has 0 spiro atoms. The van der Waals surface area contributed by atoms with Gasteiger partial charge < -0.3 is 9.47 Å². The molecule has 4 nitrogen and oxygen atoms in total. The Morgan fingerprint density at radius 3 is 2.65 bits per heavy atom. The molecular formula is C15H9FO4. The van der Waals surface area contributed by atoms with Crippen LogP contribution in [0.4, 0.5) is 4.39 Å². The van der Waals surface area contributed by atoms with Gasteiger partial charge in [-0.15, -0.1) is 0 Å². The molecule has 2 aromatic rings. The van der Waals surface area contributed by atoms with Gasteiger partial charge in [-0.3, -0.25) is 4.79 Å². The van der Waals surface area contributed by atoms with Gasteiger partial charge in [-0.25, -0.2) is 9.18 Å². The van der Waals surface area contributed by atoms with E-state index in [1.54, 1.807) is 6.07 Å². The van der Waals surface area contributed by atoms with Crippen molar-refractivity contribution in [2.45, 2.75) is 0 Å². The second-order valence-electron chi connectivity index (χ2n) is 4.27. The van der Waals surface area contributed by atoms with Gasteiger partial charge in [-0.05, 0) is 36.4 Å². The highest BCUT2D eigenvalue weighted by atomic mass is 19.1. The lowest BCUT2D eigenvalue weighted by Gasteiger charge is -2.05. The van der Waals surface area contributed by atoms with Crippen molar-refractivity contribution in [2.24, 2.45) is 0 Å². The molecule has 1 aliphatic heterocycles. The van der Waals surface area contributed by atoms with E-state index in [2.05, 4.69) is 0 Å². The number of hydrogen-bond acceptors (Lipinski definition) is 4. The topological polar surface area (TPSA) is 52.6 Å². The third-order valence-corrected chi connectivity index (χ3v) is 2.90. The summed E-state index contributed by atoms with van der Waals surface area (Å²) < 4.78 is 23.1. The lowest BCUT2D eigenvalue weighted by Crippen LogP contribution is -2.08.